The molecule has 2 aromatic heterocycles. The number of rotatable bonds is 3. The molecule has 0 N–H and O–H groups in total. The quantitative estimate of drug-likeness (QED) is 0.169. The van der Waals surface area contributed by atoms with Gasteiger partial charge in [-0.3, -0.25) is 0 Å². The highest BCUT2D eigenvalue weighted by atomic mass is 32.1. The monoisotopic (exact) mass is 744 g/mol. The summed E-state index contributed by atoms with van der Waals surface area (Å²) < 4.78 is 5.30. The predicted octanol–water partition coefficient (Wildman–Crippen LogP) is 16.4. The summed E-state index contributed by atoms with van der Waals surface area (Å²) in [5.74, 6) is 0. The Bertz CT molecular complexity index is 3240. The lowest BCUT2D eigenvalue weighted by Crippen LogP contribution is -1.97. The van der Waals surface area contributed by atoms with Crippen LogP contribution in [0.2, 0.25) is 0 Å². The smallest absolute Gasteiger partial charge is 0.0355 e. The third kappa shape index (κ3) is 4.97. The van der Waals surface area contributed by atoms with Gasteiger partial charge in [0.1, 0.15) is 0 Å². The van der Waals surface area contributed by atoms with Crippen LogP contribution in [0.1, 0.15) is 0 Å². The zero-order valence-electron chi connectivity index (χ0n) is 30.3. The van der Waals surface area contributed by atoms with Crippen molar-refractivity contribution in [2.75, 3.05) is 0 Å². The predicted molar refractivity (Wildman–Crippen MR) is 244 cm³/mol. The average molecular weight is 745 g/mol. The van der Waals surface area contributed by atoms with Crippen LogP contribution < -0.4 is 0 Å². The first kappa shape index (κ1) is 31.7. The SMILES string of the molecule is c1ccc2c(c1)-c1ccccc1-c1ccc(-c3cc(-c4ccc5sc6ccccc6c5c4)cc(-c4ccc5sc6ccccc6c5c4)c3)cc1-c1ccccc1-2. The van der Waals surface area contributed by atoms with Crippen LogP contribution >= 0.6 is 22.7 Å². The Hall–Kier alpha value is -6.58. The lowest BCUT2D eigenvalue weighted by Gasteiger charge is -2.23. The summed E-state index contributed by atoms with van der Waals surface area (Å²) in [5.41, 5.74) is 17.4. The van der Waals surface area contributed by atoms with E-state index in [1.165, 1.54) is 118 Å². The topological polar surface area (TPSA) is 0 Å². The molecular weight excluding hydrogens is 713 g/mol. The first-order valence-electron chi connectivity index (χ1n) is 19.1. The molecule has 1 aliphatic rings. The second kappa shape index (κ2) is 12.5. The normalized spacial score (nSPS) is 11.9. The van der Waals surface area contributed by atoms with Gasteiger partial charge < -0.3 is 0 Å². The number of hydrogen-bond acceptors (Lipinski definition) is 2. The van der Waals surface area contributed by atoms with Crippen LogP contribution in [0.5, 0.6) is 0 Å². The first-order valence-corrected chi connectivity index (χ1v) is 20.8. The van der Waals surface area contributed by atoms with Crippen molar-refractivity contribution in [2.24, 2.45) is 0 Å². The Morgan fingerprint density at radius 1 is 0.196 bits per heavy atom. The Morgan fingerprint density at radius 2 is 0.518 bits per heavy atom. The highest BCUT2D eigenvalue weighted by molar-refractivity contribution is 7.26. The minimum Gasteiger partial charge on any atom is -0.135 e. The van der Waals surface area contributed by atoms with E-state index in [0.29, 0.717) is 0 Å². The van der Waals surface area contributed by atoms with Gasteiger partial charge in [0.25, 0.3) is 0 Å². The first-order chi connectivity index (χ1) is 27.7. The van der Waals surface area contributed by atoms with E-state index in [1.807, 2.05) is 22.7 Å². The van der Waals surface area contributed by atoms with E-state index in [0.717, 1.165) is 0 Å². The number of hydrogen-bond donors (Lipinski definition) is 0. The molecule has 2 heterocycles. The molecule has 0 saturated carbocycles. The van der Waals surface area contributed by atoms with E-state index >= 15 is 0 Å². The van der Waals surface area contributed by atoms with Gasteiger partial charge in [0.2, 0.25) is 0 Å². The molecule has 0 atom stereocenters. The summed E-state index contributed by atoms with van der Waals surface area (Å²) in [7, 11) is 0. The molecule has 0 nitrogen and oxygen atoms in total. The van der Waals surface area contributed by atoms with Gasteiger partial charge in [-0.1, -0.05) is 133 Å². The van der Waals surface area contributed by atoms with Crippen LogP contribution in [0.25, 0.3) is 118 Å². The van der Waals surface area contributed by atoms with Crippen molar-refractivity contribution in [3.63, 3.8) is 0 Å². The Morgan fingerprint density at radius 3 is 0.964 bits per heavy atom. The molecule has 0 spiro atoms. The molecule has 0 fully saturated rings. The number of benzene rings is 9. The summed E-state index contributed by atoms with van der Waals surface area (Å²) in [6.45, 7) is 0. The lowest BCUT2D eigenvalue weighted by atomic mass is 9.80. The van der Waals surface area contributed by atoms with Crippen LogP contribution in [0.15, 0.2) is 194 Å². The lowest BCUT2D eigenvalue weighted by molar-refractivity contribution is 1.51. The van der Waals surface area contributed by atoms with Crippen molar-refractivity contribution in [3.05, 3.63) is 194 Å². The van der Waals surface area contributed by atoms with Gasteiger partial charge >= 0.3 is 0 Å². The summed E-state index contributed by atoms with van der Waals surface area (Å²) in [6.07, 6.45) is 0. The molecule has 56 heavy (non-hydrogen) atoms. The zero-order valence-corrected chi connectivity index (χ0v) is 31.9. The summed E-state index contributed by atoms with van der Waals surface area (Å²) >= 11 is 3.74. The maximum absolute atomic E-state index is 2.44. The third-order valence-corrected chi connectivity index (χ3v) is 14.0. The molecule has 0 bridgehead atoms. The van der Waals surface area contributed by atoms with E-state index in [4.69, 9.17) is 0 Å². The molecule has 0 radical (unpaired) electrons. The van der Waals surface area contributed by atoms with Crippen LogP contribution in [-0.4, -0.2) is 0 Å². The van der Waals surface area contributed by atoms with Crippen LogP contribution in [0.3, 0.4) is 0 Å². The van der Waals surface area contributed by atoms with Crippen molar-refractivity contribution in [1.29, 1.82) is 0 Å². The van der Waals surface area contributed by atoms with Gasteiger partial charge in [0.15, 0.2) is 0 Å². The second-order valence-corrected chi connectivity index (χ2v) is 17.0. The summed E-state index contributed by atoms with van der Waals surface area (Å²) in [5, 5.41) is 5.28. The average Bonchev–Trinajstić information content (AvgIpc) is 3.83. The van der Waals surface area contributed by atoms with Crippen molar-refractivity contribution >= 4 is 63.0 Å². The fourth-order valence-corrected chi connectivity index (χ4v) is 11.2. The standard InChI is InChI=1S/C54H32S2/c1-2-12-40-39(11-1)41-13-3-4-15-43(41)45-24-21-33(30-48(45)44-16-6-5-14-42(40)44)36-27-37(34-22-25-53-49(31-34)46-17-7-9-19-51(46)55-53)29-38(28-36)35-23-26-54-50(32-35)47-18-8-10-20-52(47)56-54/h1-32H. The molecule has 1 aliphatic carbocycles. The fourth-order valence-electron chi connectivity index (χ4n) is 8.98. The second-order valence-electron chi connectivity index (χ2n) is 14.8. The van der Waals surface area contributed by atoms with E-state index in [9.17, 15) is 0 Å². The van der Waals surface area contributed by atoms with Gasteiger partial charge in [0.05, 0.1) is 0 Å². The maximum atomic E-state index is 2.44. The third-order valence-electron chi connectivity index (χ3n) is 11.6. The number of thiophene rings is 2. The van der Waals surface area contributed by atoms with Gasteiger partial charge in [-0.05, 0) is 139 Å². The minimum absolute atomic E-state index is 1.21. The van der Waals surface area contributed by atoms with Crippen molar-refractivity contribution < 1.29 is 0 Å². The Labute approximate surface area is 333 Å². The minimum atomic E-state index is 1.21. The fraction of sp³-hybridized carbons (Fsp3) is 0. The highest BCUT2D eigenvalue weighted by Gasteiger charge is 2.22. The Kier molecular flexibility index (Phi) is 7.07. The molecule has 12 rings (SSSR count). The van der Waals surface area contributed by atoms with Crippen LogP contribution in [-0.2, 0) is 0 Å². The van der Waals surface area contributed by atoms with Gasteiger partial charge in [-0.15, -0.1) is 22.7 Å². The van der Waals surface area contributed by atoms with E-state index in [1.54, 1.807) is 0 Å². The molecular formula is C54H32S2. The molecule has 11 aromatic rings. The van der Waals surface area contributed by atoms with Crippen molar-refractivity contribution in [3.8, 4) is 77.9 Å². The van der Waals surface area contributed by atoms with Gasteiger partial charge in [0, 0.05) is 40.3 Å². The maximum Gasteiger partial charge on any atom is 0.0355 e. The summed E-state index contributed by atoms with van der Waals surface area (Å²) in [6, 6.07) is 72.6. The molecule has 0 unspecified atom stereocenters. The number of fused-ring (bicyclic) bond motifs is 14. The van der Waals surface area contributed by atoms with Gasteiger partial charge in [-0.25, -0.2) is 0 Å². The summed E-state index contributed by atoms with van der Waals surface area (Å²) in [4.78, 5) is 0. The molecule has 0 aliphatic heterocycles. The Balaban J connectivity index is 1.10. The van der Waals surface area contributed by atoms with Crippen molar-refractivity contribution in [2.45, 2.75) is 0 Å². The van der Waals surface area contributed by atoms with E-state index in [-0.39, 0.29) is 0 Å². The zero-order chi connectivity index (χ0) is 36.7. The molecule has 9 aromatic carbocycles. The molecule has 0 amide bonds. The van der Waals surface area contributed by atoms with Crippen LogP contribution in [0, 0.1) is 0 Å². The van der Waals surface area contributed by atoms with Crippen molar-refractivity contribution in [1.82, 2.24) is 0 Å². The molecule has 2 heteroatoms. The van der Waals surface area contributed by atoms with E-state index < -0.39 is 0 Å². The largest absolute Gasteiger partial charge is 0.135 e. The van der Waals surface area contributed by atoms with E-state index in [2.05, 4.69) is 194 Å². The highest BCUT2D eigenvalue weighted by Crippen LogP contribution is 2.49. The van der Waals surface area contributed by atoms with Gasteiger partial charge in [-0.2, -0.15) is 0 Å². The van der Waals surface area contributed by atoms with Crippen LogP contribution in [0.4, 0.5) is 0 Å². The molecule has 0 saturated heterocycles. The molecule has 260 valence electrons.